The molecule has 3 N–H and O–H groups in total. The summed E-state index contributed by atoms with van der Waals surface area (Å²) in [6.07, 6.45) is 0.417. The van der Waals surface area contributed by atoms with Gasteiger partial charge in [-0.15, -0.1) is 0 Å². The number of carbonyl (C=O) groups is 1. The maximum absolute atomic E-state index is 12.4. The van der Waals surface area contributed by atoms with Crippen LogP contribution in [0.15, 0.2) is 46.9 Å². The largest absolute Gasteiger partial charge is 0.324 e. The van der Waals surface area contributed by atoms with Crippen molar-refractivity contribution < 1.29 is 4.79 Å². The fourth-order valence-electron chi connectivity index (χ4n) is 2.01. The number of hydrogen-bond acceptors (Lipinski definition) is 2. The van der Waals surface area contributed by atoms with E-state index in [4.69, 9.17) is 28.9 Å². The Labute approximate surface area is 147 Å². The van der Waals surface area contributed by atoms with Gasteiger partial charge in [-0.3, -0.25) is 4.79 Å². The van der Waals surface area contributed by atoms with Crippen molar-refractivity contribution in [1.29, 1.82) is 0 Å². The number of benzene rings is 2. The van der Waals surface area contributed by atoms with Gasteiger partial charge in [-0.1, -0.05) is 51.3 Å². The first-order chi connectivity index (χ1) is 10.3. The van der Waals surface area contributed by atoms with Crippen molar-refractivity contribution in [2.45, 2.75) is 18.9 Å². The molecule has 22 heavy (non-hydrogen) atoms. The van der Waals surface area contributed by atoms with Gasteiger partial charge in [-0.2, -0.15) is 0 Å². The average molecular weight is 402 g/mol. The van der Waals surface area contributed by atoms with Gasteiger partial charge in [0.2, 0.25) is 5.91 Å². The van der Waals surface area contributed by atoms with E-state index in [-0.39, 0.29) is 5.91 Å². The van der Waals surface area contributed by atoms with Crippen LogP contribution in [0.2, 0.25) is 10.0 Å². The van der Waals surface area contributed by atoms with Crippen molar-refractivity contribution in [1.82, 2.24) is 0 Å². The number of nitrogens with one attached hydrogen (secondary N) is 1. The summed E-state index contributed by atoms with van der Waals surface area (Å²) in [4.78, 5) is 12.4. The first-order valence-electron chi connectivity index (χ1n) is 6.57. The zero-order valence-electron chi connectivity index (χ0n) is 11.9. The molecule has 116 valence electrons. The van der Waals surface area contributed by atoms with E-state index in [0.717, 1.165) is 10.0 Å². The quantitative estimate of drug-likeness (QED) is 0.782. The fourth-order valence-corrected chi connectivity index (χ4v) is 2.80. The van der Waals surface area contributed by atoms with Gasteiger partial charge >= 0.3 is 0 Å². The second kappa shape index (κ2) is 7.01. The van der Waals surface area contributed by atoms with Crippen molar-refractivity contribution in [3.05, 3.63) is 62.5 Å². The third-order valence-electron chi connectivity index (χ3n) is 3.12. The maximum atomic E-state index is 12.4. The van der Waals surface area contributed by atoms with Crippen LogP contribution in [0.25, 0.3) is 0 Å². The van der Waals surface area contributed by atoms with Crippen LogP contribution in [0.1, 0.15) is 12.5 Å². The summed E-state index contributed by atoms with van der Waals surface area (Å²) < 4.78 is 0.980. The van der Waals surface area contributed by atoms with Gasteiger partial charge in [0.25, 0.3) is 0 Å². The maximum Gasteiger partial charge on any atom is 0.244 e. The van der Waals surface area contributed by atoms with Crippen molar-refractivity contribution in [3.63, 3.8) is 0 Å². The van der Waals surface area contributed by atoms with Crippen molar-refractivity contribution in [3.8, 4) is 0 Å². The molecule has 0 aliphatic carbocycles. The minimum absolute atomic E-state index is 0.297. The molecule has 2 aromatic rings. The van der Waals surface area contributed by atoms with Crippen LogP contribution < -0.4 is 11.1 Å². The molecule has 2 aromatic carbocycles. The third kappa shape index (κ3) is 4.71. The molecule has 0 aliphatic heterocycles. The predicted molar refractivity (Wildman–Crippen MR) is 95.5 cm³/mol. The lowest BCUT2D eigenvalue weighted by atomic mass is 9.93. The number of halogens is 3. The lowest BCUT2D eigenvalue weighted by Gasteiger charge is -2.24. The molecular formula is C16H15BrCl2N2O. The zero-order valence-corrected chi connectivity index (χ0v) is 15.0. The molecule has 0 saturated heterocycles. The Bertz CT molecular complexity index is 667. The molecule has 0 aromatic heterocycles. The molecule has 1 amide bonds. The highest BCUT2D eigenvalue weighted by Gasteiger charge is 2.28. The molecule has 0 saturated carbocycles. The lowest BCUT2D eigenvalue weighted by molar-refractivity contribution is -0.120. The van der Waals surface area contributed by atoms with E-state index < -0.39 is 5.54 Å². The van der Waals surface area contributed by atoms with E-state index in [1.807, 2.05) is 24.3 Å². The van der Waals surface area contributed by atoms with Crippen LogP contribution in [0.4, 0.5) is 5.69 Å². The van der Waals surface area contributed by atoms with E-state index in [1.54, 1.807) is 25.1 Å². The topological polar surface area (TPSA) is 55.1 Å². The molecule has 2 rings (SSSR count). The van der Waals surface area contributed by atoms with E-state index in [9.17, 15) is 4.79 Å². The molecule has 6 heteroatoms. The Morgan fingerprint density at radius 3 is 2.27 bits per heavy atom. The highest BCUT2D eigenvalue weighted by Crippen LogP contribution is 2.23. The highest BCUT2D eigenvalue weighted by molar-refractivity contribution is 9.10. The molecule has 3 nitrogen and oxygen atoms in total. The van der Waals surface area contributed by atoms with E-state index in [1.165, 1.54) is 0 Å². The van der Waals surface area contributed by atoms with Crippen LogP contribution in [0.5, 0.6) is 0 Å². The van der Waals surface area contributed by atoms with Crippen molar-refractivity contribution >= 4 is 50.7 Å². The molecule has 0 bridgehead atoms. The standard InChI is InChI=1S/C16H15BrCl2N2O/c1-16(20,9-10-2-4-11(17)5-3-10)15(22)21-14-7-12(18)6-13(19)8-14/h2-8H,9,20H2,1H3,(H,21,22). The summed E-state index contributed by atoms with van der Waals surface area (Å²) in [5.74, 6) is -0.297. The molecule has 1 unspecified atom stereocenters. The first kappa shape index (κ1) is 17.3. The Morgan fingerprint density at radius 1 is 1.18 bits per heavy atom. The summed E-state index contributed by atoms with van der Waals surface area (Å²) >= 11 is 15.2. The summed E-state index contributed by atoms with van der Waals surface area (Å²) in [6, 6.07) is 12.5. The Balaban J connectivity index is 2.11. The predicted octanol–water partition coefficient (Wildman–Crippen LogP) is 4.65. The minimum Gasteiger partial charge on any atom is -0.324 e. The van der Waals surface area contributed by atoms with Gasteiger partial charge in [0, 0.05) is 20.2 Å². The van der Waals surface area contributed by atoms with E-state index >= 15 is 0 Å². The van der Waals surface area contributed by atoms with Gasteiger partial charge in [0.1, 0.15) is 0 Å². The van der Waals surface area contributed by atoms with Gasteiger partial charge in [0.15, 0.2) is 0 Å². The van der Waals surface area contributed by atoms with Crippen LogP contribution in [-0.2, 0) is 11.2 Å². The Kier molecular flexibility index (Phi) is 5.50. The van der Waals surface area contributed by atoms with Crippen molar-refractivity contribution in [2.24, 2.45) is 5.73 Å². The van der Waals surface area contributed by atoms with Gasteiger partial charge in [0.05, 0.1) is 5.54 Å². The zero-order chi connectivity index (χ0) is 16.3. The highest BCUT2D eigenvalue weighted by atomic mass is 79.9. The summed E-state index contributed by atoms with van der Waals surface area (Å²) in [6.45, 7) is 1.69. The molecule has 0 radical (unpaired) electrons. The number of rotatable bonds is 4. The van der Waals surface area contributed by atoms with Crippen LogP contribution in [0.3, 0.4) is 0 Å². The molecule has 0 aliphatic rings. The fraction of sp³-hybridized carbons (Fsp3) is 0.188. The summed E-state index contributed by atoms with van der Waals surface area (Å²) in [5.41, 5.74) is 6.61. The number of hydrogen-bond donors (Lipinski definition) is 2. The first-order valence-corrected chi connectivity index (χ1v) is 8.12. The van der Waals surface area contributed by atoms with Crippen molar-refractivity contribution in [2.75, 3.05) is 5.32 Å². The van der Waals surface area contributed by atoms with Crippen LogP contribution in [0, 0.1) is 0 Å². The second-order valence-electron chi connectivity index (χ2n) is 5.33. The smallest absolute Gasteiger partial charge is 0.244 e. The van der Waals surface area contributed by atoms with Gasteiger partial charge in [-0.25, -0.2) is 0 Å². The molecule has 0 spiro atoms. The van der Waals surface area contributed by atoms with Gasteiger partial charge in [-0.05, 0) is 49.2 Å². The van der Waals surface area contributed by atoms with E-state index in [0.29, 0.717) is 22.2 Å². The summed E-state index contributed by atoms with van der Waals surface area (Å²) in [5, 5.41) is 3.66. The normalized spacial score (nSPS) is 13.5. The third-order valence-corrected chi connectivity index (χ3v) is 4.09. The molecule has 1 atom stereocenters. The number of carbonyl (C=O) groups excluding carboxylic acids is 1. The Hall–Kier alpha value is -1.07. The minimum atomic E-state index is -1.05. The monoisotopic (exact) mass is 400 g/mol. The summed E-state index contributed by atoms with van der Waals surface area (Å²) in [7, 11) is 0. The molecule has 0 fully saturated rings. The average Bonchev–Trinajstić information content (AvgIpc) is 2.40. The number of nitrogens with two attached hydrogens (primary N) is 1. The Morgan fingerprint density at radius 2 is 1.73 bits per heavy atom. The van der Waals surface area contributed by atoms with Crippen LogP contribution >= 0.6 is 39.1 Å². The second-order valence-corrected chi connectivity index (χ2v) is 7.12. The number of anilines is 1. The van der Waals surface area contributed by atoms with Gasteiger partial charge < -0.3 is 11.1 Å². The molecule has 0 heterocycles. The molecular weight excluding hydrogens is 387 g/mol. The van der Waals surface area contributed by atoms with Crippen LogP contribution in [-0.4, -0.2) is 11.4 Å². The van der Waals surface area contributed by atoms with E-state index in [2.05, 4.69) is 21.2 Å². The number of amides is 1. The lowest BCUT2D eigenvalue weighted by Crippen LogP contribution is -2.50. The SMILES string of the molecule is CC(N)(Cc1ccc(Br)cc1)C(=O)Nc1cc(Cl)cc(Cl)c1.